The van der Waals surface area contributed by atoms with E-state index in [0.717, 1.165) is 4.90 Å². The number of phosphoric ester groups is 1. The van der Waals surface area contributed by atoms with E-state index in [0.29, 0.717) is 0 Å². The van der Waals surface area contributed by atoms with E-state index in [2.05, 4.69) is 0 Å². The predicted molar refractivity (Wildman–Crippen MR) is 112 cm³/mol. The summed E-state index contributed by atoms with van der Waals surface area (Å²) in [6, 6.07) is 15.7. The van der Waals surface area contributed by atoms with Crippen LogP contribution in [0.2, 0.25) is 0 Å². The first-order chi connectivity index (χ1) is 15.2. The first-order valence-electron chi connectivity index (χ1n) is 9.99. The molecule has 2 aliphatic rings. The summed E-state index contributed by atoms with van der Waals surface area (Å²) in [4.78, 5) is 25.6. The zero-order chi connectivity index (χ0) is 23.0. The lowest BCUT2D eigenvalue weighted by Gasteiger charge is -2.45. The summed E-state index contributed by atoms with van der Waals surface area (Å²) in [5.41, 5.74) is -0.432. The quantitative estimate of drug-likeness (QED) is 0.455. The van der Waals surface area contributed by atoms with Crippen molar-refractivity contribution in [1.29, 1.82) is 0 Å². The third kappa shape index (κ3) is 3.85. The lowest BCUT2D eigenvalue weighted by atomic mass is 9.79. The van der Waals surface area contributed by atoms with E-state index in [9.17, 15) is 24.4 Å². The number of β-lactam (4-membered cyclic amide) rings is 1. The summed E-state index contributed by atoms with van der Waals surface area (Å²) < 4.78 is 30.5. The molecule has 0 radical (unpaired) electrons. The molecule has 2 aliphatic heterocycles. The highest BCUT2D eigenvalue weighted by Crippen LogP contribution is 2.56. The number of carbonyl (C=O) groups is 2. The van der Waals surface area contributed by atoms with Crippen LogP contribution in [0.1, 0.15) is 13.8 Å². The van der Waals surface area contributed by atoms with E-state index in [1.54, 1.807) is 67.6 Å². The second-order valence-electron chi connectivity index (χ2n) is 7.62. The number of nitrogens with zero attached hydrogens (tertiary/aromatic N) is 1. The van der Waals surface area contributed by atoms with Crippen LogP contribution in [0, 0.1) is 11.8 Å². The van der Waals surface area contributed by atoms with Crippen molar-refractivity contribution < 1.29 is 37.9 Å². The van der Waals surface area contributed by atoms with Crippen molar-refractivity contribution in [3.8, 4) is 11.5 Å². The predicted octanol–water partition coefficient (Wildman–Crippen LogP) is 3.42. The number of aliphatic carboxylic acids is 1. The van der Waals surface area contributed by atoms with Crippen LogP contribution in [0.5, 0.6) is 11.5 Å². The molecule has 1 saturated heterocycles. The molecule has 32 heavy (non-hydrogen) atoms. The van der Waals surface area contributed by atoms with Gasteiger partial charge in [-0.25, -0.2) is 4.79 Å². The standard InChI is InChI=1S/C22H22NO8P/c1-13-18-17(14(2)24)21(25)23(18)19(22(26)27)20(13)31-32(28,29-15-9-5-3-6-10-15)30-16-11-7-4-8-12-16/h3-14,17-18,24H,1-2H3,(H,26,27)/t13?,14?,17?,18-/m1/s1. The van der Waals surface area contributed by atoms with Crippen LogP contribution in [-0.4, -0.2) is 39.1 Å². The summed E-state index contributed by atoms with van der Waals surface area (Å²) in [5.74, 6) is -3.22. The van der Waals surface area contributed by atoms with Crippen LogP contribution in [0.3, 0.4) is 0 Å². The summed E-state index contributed by atoms with van der Waals surface area (Å²) in [7, 11) is -4.44. The average molecular weight is 459 g/mol. The summed E-state index contributed by atoms with van der Waals surface area (Å²) in [6.07, 6.45) is -0.978. The summed E-state index contributed by atoms with van der Waals surface area (Å²) in [6.45, 7) is 3.11. The third-order valence-electron chi connectivity index (χ3n) is 5.44. The maximum absolute atomic E-state index is 13.7. The van der Waals surface area contributed by atoms with Crippen molar-refractivity contribution >= 4 is 19.7 Å². The van der Waals surface area contributed by atoms with Gasteiger partial charge in [0.1, 0.15) is 17.3 Å². The topological polar surface area (TPSA) is 123 Å². The van der Waals surface area contributed by atoms with Crippen molar-refractivity contribution in [2.24, 2.45) is 11.8 Å². The molecule has 4 atom stereocenters. The number of carboxylic acid groups (broad SMARTS) is 1. The van der Waals surface area contributed by atoms with Crippen LogP contribution in [-0.2, 0) is 18.7 Å². The van der Waals surface area contributed by atoms with Gasteiger partial charge in [-0.05, 0) is 31.2 Å². The van der Waals surface area contributed by atoms with Gasteiger partial charge in [0.2, 0.25) is 5.91 Å². The van der Waals surface area contributed by atoms with Crippen molar-refractivity contribution in [3.05, 3.63) is 72.1 Å². The molecule has 10 heteroatoms. The fourth-order valence-corrected chi connectivity index (χ4v) is 5.40. The Balaban J connectivity index is 1.71. The molecule has 2 aromatic rings. The van der Waals surface area contributed by atoms with E-state index in [-0.39, 0.29) is 17.3 Å². The van der Waals surface area contributed by atoms with Gasteiger partial charge in [0.25, 0.3) is 0 Å². The second-order valence-corrected chi connectivity index (χ2v) is 9.06. The molecule has 9 nitrogen and oxygen atoms in total. The zero-order valence-corrected chi connectivity index (χ0v) is 18.2. The Kier molecular flexibility index (Phi) is 5.71. The second kappa shape index (κ2) is 8.33. The Hall–Kier alpha value is -3.29. The summed E-state index contributed by atoms with van der Waals surface area (Å²) >= 11 is 0. The number of carbonyl (C=O) groups excluding carboxylic acids is 1. The molecule has 3 unspecified atom stereocenters. The fourth-order valence-electron chi connectivity index (χ4n) is 4.04. The number of para-hydroxylation sites is 2. The monoisotopic (exact) mass is 459 g/mol. The minimum Gasteiger partial charge on any atom is -0.476 e. The van der Waals surface area contributed by atoms with E-state index in [1.165, 1.54) is 6.92 Å². The Bertz CT molecular complexity index is 1060. The highest BCUT2D eigenvalue weighted by Gasteiger charge is 2.62. The fraction of sp³-hybridized carbons (Fsp3) is 0.273. The van der Waals surface area contributed by atoms with Crippen LogP contribution < -0.4 is 9.05 Å². The van der Waals surface area contributed by atoms with Crippen LogP contribution in [0.4, 0.5) is 0 Å². The number of amides is 1. The van der Waals surface area contributed by atoms with Crippen molar-refractivity contribution in [1.82, 2.24) is 4.90 Å². The van der Waals surface area contributed by atoms with Crippen LogP contribution in [0.25, 0.3) is 0 Å². The van der Waals surface area contributed by atoms with Gasteiger partial charge in [-0.15, -0.1) is 0 Å². The molecule has 1 amide bonds. The van der Waals surface area contributed by atoms with Crippen LogP contribution in [0.15, 0.2) is 72.1 Å². The van der Waals surface area contributed by atoms with Crippen molar-refractivity contribution in [2.45, 2.75) is 26.0 Å². The van der Waals surface area contributed by atoms with Crippen molar-refractivity contribution in [3.63, 3.8) is 0 Å². The first kappa shape index (κ1) is 21.9. The maximum atomic E-state index is 13.7. The Labute approximate surface area is 184 Å². The Morgan fingerprint density at radius 3 is 1.94 bits per heavy atom. The van der Waals surface area contributed by atoms with Gasteiger partial charge < -0.3 is 23.8 Å². The van der Waals surface area contributed by atoms with Gasteiger partial charge in [0.15, 0.2) is 5.70 Å². The molecule has 2 aromatic carbocycles. The lowest BCUT2D eigenvalue weighted by Crippen LogP contribution is -2.63. The number of fused-ring (bicyclic) bond motifs is 1. The molecule has 4 rings (SSSR count). The SMILES string of the molecule is CC(O)C1C(=O)N2C(C(=O)O)=C(OP(=O)(Oc3ccccc3)Oc3ccccc3)C(C)[C@H]12. The molecule has 1 fully saturated rings. The molecule has 2 N–H and O–H groups in total. The molecule has 168 valence electrons. The number of hydrogen-bond acceptors (Lipinski definition) is 7. The molecule has 0 aromatic heterocycles. The minimum absolute atomic E-state index is 0.191. The van der Waals surface area contributed by atoms with Gasteiger partial charge in [-0.3, -0.25) is 9.69 Å². The van der Waals surface area contributed by atoms with E-state index >= 15 is 0 Å². The number of rotatable bonds is 8. The molecular formula is C22H22NO8P. The number of aliphatic hydroxyl groups is 1. The minimum atomic E-state index is -4.44. The van der Waals surface area contributed by atoms with Gasteiger partial charge in [-0.1, -0.05) is 43.3 Å². The molecule has 0 bridgehead atoms. The highest BCUT2D eigenvalue weighted by molar-refractivity contribution is 7.49. The third-order valence-corrected chi connectivity index (χ3v) is 6.73. The maximum Gasteiger partial charge on any atom is 0.646 e. The normalized spacial score (nSPS) is 23.3. The molecule has 2 heterocycles. The number of phosphoric acid groups is 1. The smallest absolute Gasteiger partial charge is 0.476 e. The van der Waals surface area contributed by atoms with E-state index in [1.807, 2.05) is 0 Å². The van der Waals surface area contributed by atoms with Gasteiger partial charge in [-0.2, -0.15) is 4.57 Å². The van der Waals surface area contributed by atoms with E-state index in [4.69, 9.17) is 13.6 Å². The number of benzene rings is 2. The molecule has 0 aliphatic carbocycles. The number of aliphatic hydroxyl groups excluding tert-OH is 1. The molecular weight excluding hydrogens is 437 g/mol. The van der Waals surface area contributed by atoms with Gasteiger partial charge in [0.05, 0.1) is 18.1 Å². The van der Waals surface area contributed by atoms with Gasteiger partial charge in [0, 0.05) is 5.92 Å². The van der Waals surface area contributed by atoms with Crippen molar-refractivity contribution in [2.75, 3.05) is 0 Å². The zero-order valence-electron chi connectivity index (χ0n) is 17.3. The Morgan fingerprint density at radius 2 is 1.50 bits per heavy atom. The number of carboxylic acids is 1. The molecule has 0 spiro atoms. The number of hydrogen-bond donors (Lipinski definition) is 2. The lowest BCUT2D eigenvalue weighted by molar-refractivity contribution is -0.163. The highest BCUT2D eigenvalue weighted by atomic mass is 31.2. The van der Waals surface area contributed by atoms with Gasteiger partial charge >= 0.3 is 13.8 Å². The molecule has 0 saturated carbocycles. The Morgan fingerprint density at radius 1 is 1.00 bits per heavy atom. The van der Waals surface area contributed by atoms with Crippen LogP contribution >= 0.6 is 7.82 Å². The summed E-state index contributed by atoms with van der Waals surface area (Å²) in [5, 5.41) is 19.8. The largest absolute Gasteiger partial charge is 0.646 e. The van der Waals surface area contributed by atoms with E-state index < -0.39 is 49.4 Å². The first-order valence-corrected chi connectivity index (χ1v) is 11.5. The average Bonchev–Trinajstić information content (AvgIpc) is 2.97.